The van der Waals surface area contributed by atoms with Crippen molar-refractivity contribution < 1.29 is 22.0 Å². The highest BCUT2D eigenvalue weighted by atomic mass is 35.5. The molecule has 0 fully saturated rings. The molecule has 1 N–H and O–H groups in total. The fraction of sp³-hybridized carbons (Fsp3) is 1.00. The molecule has 0 aliphatic heterocycles. The van der Waals surface area contributed by atoms with Crippen LogP contribution in [0.3, 0.4) is 0 Å². The number of aliphatic hydroxyl groups is 1. The molecule has 0 radical (unpaired) electrons. The van der Waals surface area contributed by atoms with Gasteiger partial charge in [0.1, 0.15) is 0 Å². The van der Waals surface area contributed by atoms with Gasteiger partial charge in [-0.25, -0.2) is 0 Å². The van der Waals surface area contributed by atoms with Gasteiger partial charge in [0, 0.05) is 6.61 Å². The van der Waals surface area contributed by atoms with E-state index in [9.17, 15) is 0 Å². The molecule has 0 aliphatic carbocycles. The Morgan fingerprint density at radius 2 is 0.488 bits per heavy atom. The number of nitrogens with zero attached hydrogens (tertiary/aromatic N) is 1. The molecule has 0 spiro atoms. The Morgan fingerprint density at radius 3 is 0.698 bits per heavy atom. The Hall–Kier alpha value is 0.210. The van der Waals surface area contributed by atoms with Crippen molar-refractivity contribution in [2.75, 3.05) is 33.8 Å². The van der Waals surface area contributed by atoms with Crippen molar-refractivity contribution in [3.63, 3.8) is 0 Å². The Morgan fingerprint density at radius 1 is 0.302 bits per heavy atom. The van der Waals surface area contributed by atoms with Gasteiger partial charge >= 0.3 is 0 Å². The van der Waals surface area contributed by atoms with Gasteiger partial charge in [0.05, 0.1) is 27.2 Å². The quantitative estimate of drug-likeness (QED) is 0.0535. The molecular formula is C40H84ClNO. The first kappa shape index (κ1) is 45.3. The maximum atomic E-state index is 8.81. The molecule has 0 heterocycles. The summed E-state index contributed by atoms with van der Waals surface area (Å²) < 4.78 is 1.24. The molecule has 0 saturated carbocycles. The fourth-order valence-corrected chi connectivity index (χ4v) is 6.68. The number of quaternary nitrogens is 1. The van der Waals surface area contributed by atoms with Crippen molar-refractivity contribution in [1.29, 1.82) is 0 Å². The zero-order valence-corrected chi connectivity index (χ0v) is 31.2. The van der Waals surface area contributed by atoms with Crippen LogP contribution in [0.4, 0.5) is 0 Å². The zero-order valence-electron chi connectivity index (χ0n) is 30.4. The predicted molar refractivity (Wildman–Crippen MR) is 192 cm³/mol. The molecule has 0 aromatic rings. The topological polar surface area (TPSA) is 20.2 Å². The van der Waals surface area contributed by atoms with Gasteiger partial charge in [-0.05, 0) is 32.1 Å². The molecule has 262 valence electrons. The van der Waals surface area contributed by atoms with E-state index in [0.717, 1.165) is 6.42 Å². The minimum absolute atomic E-state index is 0. The van der Waals surface area contributed by atoms with Crippen LogP contribution in [0, 0.1) is 0 Å². The van der Waals surface area contributed by atoms with E-state index >= 15 is 0 Å². The average molecular weight is 631 g/mol. The maximum Gasteiger partial charge on any atom is 0.0782 e. The third-order valence-electron chi connectivity index (χ3n) is 9.79. The van der Waals surface area contributed by atoms with Gasteiger partial charge in [0.2, 0.25) is 0 Å². The molecule has 0 rings (SSSR count). The summed E-state index contributed by atoms with van der Waals surface area (Å²) >= 11 is 0. The lowest BCUT2D eigenvalue weighted by atomic mass is 10.0. The molecule has 0 amide bonds. The van der Waals surface area contributed by atoms with Crippen LogP contribution in [0.15, 0.2) is 0 Å². The SMILES string of the molecule is CCCCCCCCCCCCCCCCCCCCCC[N+](C)(C)CCCCCCCCCCCCCCCCO.[Cl-]. The van der Waals surface area contributed by atoms with Crippen molar-refractivity contribution in [2.45, 2.75) is 225 Å². The van der Waals surface area contributed by atoms with Gasteiger partial charge in [-0.15, -0.1) is 0 Å². The summed E-state index contributed by atoms with van der Waals surface area (Å²) in [5.74, 6) is 0. The monoisotopic (exact) mass is 630 g/mol. The van der Waals surface area contributed by atoms with Crippen molar-refractivity contribution in [3.05, 3.63) is 0 Å². The lowest BCUT2D eigenvalue weighted by molar-refractivity contribution is -0.890. The Labute approximate surface area is 280 Å². The molecule has 0 unspecified atom stereocenters. The van der Waals surface area contributed by atoms with Crippen LogP contribution in [0.5, 0.6) is 0 Å². The second kappa shape index (κ2) is 38.4. The number of rotatable bonds is 37. The average Bonchev–Trinajstić information content (AvgIpc) is 2.98. The first-order valence-electron chi connectivity index (χ1n) is 20.1. The molecule has 43 heavy (non-hydrogen) atoms. The van der Waals surface area contributed by atoms with Gasteiger partial charge in [0.15, 0.2) is 0 Å². The third kappa shape index (κ3) is 40.2. The highest BCUT2D eigenvalue weighted by Crippen LogP contribution is 2.16. The molecule has 2 nitrogen and oxygen atoms in total. The lowest BCUT2D eigenvalue weighted by Gasteiger charge is -2.30. The van der Waals surface area contributed by atoms with E-state index in [2.05, 4.69) is 21.0 Å². The zero-order chi connectivity index (χ0) is 30.7. The Kier molecular flexibility index (Phi) is 40.5. The summed E-state index contributed by atoms with van der Waals surface area (Å²) in [4.78, 5) is 0. The highest BCUT2D eigenvalue weighted by Gasteiger charge is 2.13. The van der Waals surface area contributed by atoms with E-state index in [1.807, 2.05) is 0 Å². The van der Waals surface area contributed by atoms with Crippen molar-refractivity contribution in [2.24, 2.45) is 0 Å². The molecule has 0 aliphatic rings. The number of hydrogen-bond acceptors (Lipinski definition) is 1. The van der Waals surface area contributed by atoms with Gasteiger partial charge in [-0.2, -0.15) is 0 Å². The van der Waals surface area contributed by atoms with Gasteiger partial charge in [-0.1, -0.05) is 193 Å². The van der Waals surface area contributed by atoms with Crippen LogP contribution < -0.4 is 12.4 Å². The number of unbranched alkanes of at least 4 members (excludes halogenated alkanes) is 32. The summed E-state index contributed by atoms with van der Waals surface area (Å²) in [6.45, 7) is 5.43. The summed E-state index contributed by atoms with van der Waals surface area (Å²) in [6.07, 6.45) is 48.6. The highest BCUT2D eigenvalue weighted by molar-refractivity contribution is 4.52. The summed E-state index contributed by atoms with van der Waals surface area (Å²) in [5.41, 5.74) is 0. The van der Waals surface area contributed by atoms with Crippen molar-refractivity contribution in [3.8, 4) is 0 Å². The fourth-order valence-electron chi connectivity index (χ4n) is 6.68. The molecule has 0 bridgehead atoms. The largest absolute Gasteiger partial charge is 1.00 e. The first-order chi connectivity index (χ1) is 20.6. The first-order valence-corrected chi connectivity index (χ1v) is 20.1. The minimum atomic E-state index is 0. The molecule has 3 heteroatoms. The second-order valence-corrected chi connectivity index (χ2v) is 14.8. The summed E-state index contributed by atoms with van der Waals surface area (Å²) in [5, 5.41) is 8.81. The van der Waals surface area contributed by atoms with Crippen molar-refractivity contribution >= 4 is 0 Å². The molecule has 0 aromatic heterocycles. The van der Waals surface area contributed by atoms with Crippen LogP contribution in [0.1, 0.15) is 225 Å². The molecule has 0 atom stereocenters. The van der Waals surface area contributed by atoms with Crippen LogP contribution >= 0.6 is 0 Å². The molecule has 0 saturated heterocycles. The van der Waals surface area contributed by atoms with E-state index in [0.29, 0.717) is 6.61 Å². The standard InChI is InChI=1S/C40H84NO.ClH/c1-4-5-6-7-8-9-10-11-12-13-14-15-16-17-20-23-26-29-32-35-38-41(2,3)39-36-33-30-27-24-21-18-19-22-25-28-31-34-37-40-42;/h42H,4-40H2,1-3H3;1H/q+1;/p-1. The summed E-state index contributed by atoms with van der Waals surface area (Å²) in [7, 11) is 4.92. The third-order valence-corrected chi connectivity index (χ3v) is 9.79. The van der Waals surface area contributed by atoms with E-state index in [-0.39, 0.29) is 12.4 Å². The molecule has 0 aromatic carbocycles. The number of halogens is 1. The minimum Gasteiger partial charge on any atom is -1.00 e. The van der Waals surface area contributed by atoms with E-state index in [1.54, 1.807) is 0 Å². The van der Waals surface area contributed by atoms with Gasteiger partial charge in [0.25, 0.3) is 0 Å². The van der Waals surface area contributed by atoms with E-state index < -0.39 is 0 Å². The molecular weight excluding hydrogens is 546 g/mol. The van der Waals surface area contributed by atoms with E-state index in [4.69, 9.17) is 5.11 Å². The smallest absolute Gasteiger partial charge is 0.0782 e. The summed E-state index contributed by atoms with van der Waals surface area (Å²) in [6, 6.07) is 0. The van der Waals surface area contributed by atoms with Crippen molar-refractivity contribution in [1.82, 2.24) is 0 Å². The van der Waals surface area contributed by atoms with Crippen LogP contribution in [0.2, 0.25) is 0 Å². The van der Waals surface area contributed by atoms with Crippen LogP contribution in [-0.4, -0.2) is 43.4 Å². The van der Waals surface area contributed by atoms with Crippen LogP contribution in [0.25, 0.3) is 0 Å². The normalized spacial score (nSPS) is 11.7. The van der Waals surface area contributed by atoms with Crippen LogP contribution in [-0.2, 0) is 0 Å². The number of hydrogen-bond donors (Lipinski definition) is 1. The predicted octanol–water partition coefficient (Wildman–Crippen LogP) is 10.3. The van der Waals surface area contributed by atoms with Gasteiger partial charge in [-0.3, -0.25) is 0 Å². The Bertz CT molecular complexity index is 483. The second-order valence-electron chi connectivity index (χ2n) is 14.8. The Balaban J connectivity index is 0. The van der Waals surface area contributed by atoms with E-state index in [1.165, 1.54) is 229 Å². The number of aliphatic hydroxyl groups excluding tert-OH is 1. The lowest BCUT2D eigenvalue weighted by Crippen LogP contribution is -3.00. The van der Waals surface area contributed by atoms with Gasteiger partial charge < -0.3 is 22.0 Å². The maximum absolute atomic E-state index is 8.81.